The molecule has 0 aliphatic carbocycles. The first-order chi connectivity index (χ1) is 9.07. The number of rotatable bonds is 4. The fourth-order valence-electron chi connectivity index (χ4n) is 1.80. The van der Waals surface area contributed by atoms with Crippen molar-refractivity contribution in [2.45, 2.75) is 31.8 Å². The van der Waals surface area contributed by atoms with Gasteiger partial charge in [-0.15, -0.1) is 11.3 Å². The number of nitrogens with two attached hydrogens (primary N) is 1. The minimum Gasteiger partial charge on any atom is -0.342 e. The van der Waals surface area contributed by atoms with Crippen LogP contribution >= 0.6 is 34.5 Å². The Hall–Kier alpha value is -0.000000000000000132. The highest BCUT2D eigenvalue weighted by molar-refractivity contribution is 7.84. The number of ether oxygens (including phenoxy) is 2. The van der Waals surface area contributed by atoms with Gasteiger partial charge in [-0.3, -0.25) is 4.18 Å². The van der Waals surface area contributed by atoms with Crippen LogP contribution in [0.25, 0.3) is 0 Å². The van der Waals surface area contributed by atoms with Gasteiger partial charge in [-0.2, -0.15) is 8.42 Å². The zero-order chi connectivity index (χ0) is 15.1. The predicted octanol–water partition coefficient (Wildman–Crippen LogP) is 1.86. The number of nitrogens with zero attached hydrogens (tertiary/aromatic N) is 1. The van der Waals surface area contributed by atoms with E-state index >= 15 is 0 Å². The van der Waals surface area contributed by atoms with Gasteiger partial charge in [0.1, 0.15) is 17.4 Å². The molecule has 2 rings (SSSR count). The second kappa shape index (κ2) is 5.65. The molecule has 2 N–H and O–H groups in total. The molecule has 0 radical (unpaired) electrons. The third-order valence-corrected chi connectivity index (χ3v) is 4.51. The standard InChI is InChI=1S/C9H12Cl2N2O5S2/c1-9(2)17-4(3-16-20(12,14)15)5(18-9)6-7(10)13-8(11)19-6/h4-5H,3H2,1-2H3,(H2,12,14,15). The number of hydrogen-bond donors (Lipinski definition) is 1. The Balaban J connectivity index is 2.22. The van der Waals surface area contributed by atoms with Crippen LogP contribution in [0.4, 0.5) is 0 Å². The molecule has 0 spiro atoms. The molecule has 1 saturated heterocycles. The predicted molar refractivity (Wildman–Crippen MR) is 74.0 cm³/mol. The zero-order valence-electron chi connectivity index (χ0n) is 10.5. The lowest BCUT2D eigenvalue weighted by Crippen LogP contribution is -2.28. The van der Waals surface area contributed by atoms with Gasteiger partial charge in [0.15, 0.2) is 10.3 Å². The van der Waals surface area contributed by atoms with E-state index in [-0.39, 0.29) is 16.2 Å². The first-order valence-electron chi connectivity index (χ1n) is 5.42. The summed E-state index contributed by atoms with van der Waals surface area (Å²) in [5.74, 6) is -0.920. The fourth-order valence-corrected chi connectivity index (χ4v) is 3.63. The van der Waals surface area contributed by atoms with Crippen molar-refractivity contribution in [3.63, 3.8) is 0 Å². The number of hydrogen-bond acceptors (Lipinski definition) is 7. The largest absolute Gasteiger partial charge is 0.342 e. The zero-order valence-corrected chi connectivity index (χ0v) is 13.6. The smallest absolute Gasteiger partial charge is 0.333 e. The molecule has 2 unspecified atom stereocenters. The van der Waals surface area contributed by atoms with Crippen LogP contribution in [0.2, 0.25) is 9.62 Å². The van der Waals surface area contributed by atoms with E-state index in [4.69, 9.17) is 37.8 Å². The van der Waals surface area contributed by atoms with Crippen molar-refractivity contribution in [1.29, 1.82) is 0 Å². The Morgan fingerprint density at radius 2 is 2.10 bits per heavy atom. The first kappa shape index (κ1) is 16.4. The van der Waals surface area contributed by atoms with Gasteiger partial charge in [0, 0.05) is 0 Å². The molecule has 0 saturated carbocycles. The quantitative estimate of drug-likeness (QED) is 0.876. The molecular formula is C9H12Cl2N2O5S2. The maximum atomic E-state index is 10.9. The van der Waals surface area contributed by atoms with Crippen molar-refractivity contribution < 1.29 is 22.1 Å². The normalized spacial score (nSPS) is 26.1. The second-order valence-electron chi connectivity index (χ2n) is 4.49. The van der Waals surface area contributed by atoms with Gasteiger partial charge in [0.05, 0.1) is 11.5 Å². The monoisotopic (exact) mass is 362 g/mol. The Bertz CT molecular complexity index is 603. The molecule has 1 aliphatic rings. The lowest BCUT2D eigenvalue weighted by molar-refractivity contribution is -0.148. The molecule has 2 heterocycles. The highest BCUT2D eigenvalue weighted by atomic mass is 35.5. The van der Waals surface area contributed by atoms with Gasteiger partial charge in [0.25, 0.3) is 0 Å². The van der Waals surface area contributed by atoms with Crippen LogP contribution in [0.3, 0.4) is 0 Å². The lowest BCUT2D eigenvalue weighted by atomic mass is 10.2. The molecule has 7 nitrogen and oxygen atoms in total. The molecule has 1 fully saturated rings. The molecule has 2 atom stereocenters. The van der Waals surface area contributed by atoms with Gasteiger partial charge in [0.2, 0.25) is 0 Å². The number of thiazole rings is 1. The van der Waals surface area contributed by atoms with Gasteiger partial charge in [-0.25, -0.2) is 10.1 Å². The summed E-state index contributed by atoms with van der Waals surface area (Å²) in [5.41, 5.74) is 0. The highest BCUT2D eigenvalue weighted by Crippen LogP contribution is 2.44. The summed E-state index contributed by atoms with van der Waals surface area (Å²) >= 11 is 12.9. The van der Waals surface area contributed by atoms with Crippen molar-refractivity contribution >= 4 is 44.8 Å². The molecular weight excluding hydrogens is 351 g/mol. The highest BCUT2D eigenvalue weighted by Gasteiger charge is 2.44. The molecule has 1 aromatic heterocycles. The summed E-state index contributed by atoms with van der Waals surface area (Å²) < 4.78 is 37.8. The van der Waals surface area contributed by atoms with Crippen LogP contribution in [0, 0.1) is 0 Å². The molecule has 1 aliphatic heterocycles. The van der Waals surface area contributed by atoms with E-state index < -0.39 is 28.3 Å². The van der Waals surface area contributed by atoms with Gasteiger partial charge < -0.3 is 9.47 Å². The number of halogens is 2. The van der Waals surface area contributed by atoms with E-state index in [1.54, 1.807) is 13.8 Å². The maximum absolute atomic E-state index is 10.9. The lowest BCUT2D eigenvalue weighted by Gasteiger charge is -2.16. The topological polar surface area (TPSA) is 101 Å². The molecule has 20 heavy (non-hydrogen) atoms. The molecule has 11 heteroatoms. The Morgan fingerprint density at radius 3 is 2.60 bits per heavy atom. The van der Waals surface area contributed by atoms with Crippen molar-refractivity contribution in [3.8, 4) is 0 Å². The Labute approximate surface area is 130 Å². The SMILES string of the molecule is CC1(C)OC(COS(N)(=O)=O)C(c2sc(Cl)nc2Cl)O1. The van der Waals surface area contributed by atoms with Crippen LogP contribution in [0.1, 0.15) is 24.8 Å². The summed E-state index contributed by atoms with van der Waals surface area (Å²) in [6, 6.07) is 0. The minimum absolute atomic E-state index is 0.187. The molecule has 114 valence electrons. The van der Waals surface area contributed by atoms with Crippen molar-refractivity contribution in [3.05, 3.63) is 14.5 Å². The third-order valence-electron chi connectivity index (χ3n) is 2.42. The van der Waals surface area contributed by atoms with Crippen LogP contribution in [0.5, 0.6) is 0 Å². The molecule has 0 amide bonds. The average molecular weight is 363 g/mol. The summed E-state index contributed by atoms with van der Waals surface area (Å²) in [6.07, 6.45) is -1.33. The third kappa shape index (κ3) is 4.01. The minimum atomic E-state index is -4.07. The Morgan fingerprint density at radius 1 is 1.45 bits per heavy atom. The Kier molecular flexibility index (Phi) is 4.63. The average Bonchev–Trinajstić information content (AvgIpc) is 2.74. The number of aromatic nitrogens is 1. The maximum Gasteiger partial charge on any atom is 0.333 e. The van der Waals surface area contributed by atoms with E-state index in [1.165, 1.54) is 0 Å². The van der Waals surface area contributed by atoms with E-state index in [1.807, 2.05) is 0 Å². The van der Waals surface area contributed by atoms with E-state index in [2.05, 4.69) is 9.17 Å². The fraction of sp³-hybridized carbons (Fsp3) is 0.667. The van der Waals surface area contributed by atoms with Gasteiger partial charge in [-0.1, -0.05) is 23.2 Å². The summed E-state index contributed by atoms with van der Waals surface area (Å²) in [7, 11) is -4.07. The van der Waals surface area contributed by atoms with E-state index in [0.29, 0.717) is 4.88 Å². The van der Waals surface area contributed by atoms with Gasteiger partial charge >= 0.3 is 10.3 Å². The van der Waals surface area contributed by atoms with Crippen molar-refractivity contribution in [2.24, 2.45) is 5.14 Å². The van der Waals surface area contributed by atoms with E-state index in [0.717, 1.165) is 11.3 Å². The molecule has 1 aromatic rings. The summed E-state index contributed by atoms with van der Waals surface area (Å²) in [6.45, 7) is 3.08. The van der Waals surface area contributed by atoms with Crippen LogP contribution < -0.4 is 5.14 Å². The summed E-state index contributed by atoms with van der Waals surface area (Å²) in [5, 5.41) is 4.98. The van der Waals surface area contributed by atoms with Crippen molar-refractivity contribution in [1.82, 2.24) is 4.98 Å². The van der Waals surface area contributed by atoms with Gasteiger partial charge in [-0.05, 0) is 13.8 Å². The first-order valence-corrected chi connectivity index (χ1v) is 8.46. The van der Waals surface area contributed by atoms with Crippen molar-refractivity contribution in [2.75, 3.05) is 6.61 Å². The van der Waals surface area contributed by atoms with Crippen LogP contribution in [-0.2, 0) is 24.0 Å². The molecule has 0 bridgehead atoms. The summed E-state index contributed by atoms with van der Waals surface area (Å²) in [4.78, 5) is 4.42. The van der Waals surface area contributed by atoms with Crippen LogP contribution in [0.15, 0.2) is 0 Å². The second-order valence-corrected chi connectivity index (χ2v) is 7.69. The van der Waals surface area contributed by atoms with E-state index in [9.17, 15) is 8.42 Å². The van der Waals surface area contributed by atoms with Crippen LogP contribution in [-0.4, -0.2) is 31.9 Å². The molecule has 0 aromatic carbocycles.